The van der Waals surface area contributed by atoms with Crippen LogP contribution in [0.3, 0.4) is 0 Å². The molecule has 0 spiro atoms. The molecule has 1 fully saturated rings. The predicted octanol–water partition coefficient (Wildman–Crippen LogP) is 0.915. The van der Waals surface area contributed by atoms with Gasteiger partial charge in [-0.15, -0.1) is 11.3 Å². The van der Waals surface area contributed by atoms with Gasteiger partial charge >= 0.3 is 0 Å². The molecule has 1 atom stereocenters. The highest BCUT2D eigenvalue weighted by Gasteiger charge is 2.41. The van der Waals surface area contributed by atoms with Crippen LogP contribution in [0.1, 0.15) is 16.1 Å². The molecule has 0 unspecified atom stereocenters. The Morgan fingerprint density at radius 2 is 2.36 bits per heavy atom. The molecular formula is C9H8N2O2S. The number of rotatable bonds is 0. The highest BCUT2D eigenvalue weighted by molar-refractivity contribution is 7.12. The highest BCUT2D eigenvalue weighted by Crippen LogP contribution is 2.32. The van der Waals surface area contributed by atoms with Crippen molar-refractivity contribution in [1.82, 2.24) is 4.90 Å². The van der Waals surface area contributed by atoms with Gasteiger partial charge in [-0.1, -0.05) is 0 Å². The van der Waals surface area contributed by atoms with Gasteiger partial charge in [0.25, 0.3) is 5.91 Å². The number of nitrogens with one attached hydrogen (secondary N) is 1. The lowest BCUT2D eigenvalue weighted by Gasteiger charge is -2.37. The van der Waals surface area contributed by atoms with Crippen LogP contribution in [0, 0.1) is 0 Å². The number of amides is 2. The van der Waals surface area contributed by atoms with Gasteiger partial charge in [0.2, 0.25) is 5.91 Å². The van der Waals surface area contributed by atoms with Gasteiger partial charge < -0.3 is 10.2 Å². The summed E-state index contributed by atoms with van der Waals surface area (Å²) in [6.07, 6.45) is 0.784. The smallest absolute Gasteiger partial charge is 0.266 e. The Labute approximate surface area is 84.5 Å². The number of carbonyl (C=O) groups is 2. The first-order valence-corrected chi connectivity index (χ1v) is 5.34. The molecule has 3 rings (SSSR count). The van der Waals surface area contributed by atoms with Crippen molar-refractivity contribution in [1.29, 1.82) is 0 Å². The quantitative estimate of drug-likeness (QED) is 0.689. The van der Waals surface area contributed by atoms with Gasteiger partial charge in [0.1, 0.15) is 10.9 Å². The normalized spacial score (nSPS) is 24.6. The monoisotopic (exact) mass is 208 g/mol. The molecule has 0 aliphatic carbocycles. The van der Waals surface area contributed by atoms with E-state index in [2.05, 4.69) is 5.32 Å². The number of nitrogens with zero attached hydrogens (tertiary/aromatic N) is 1. The SMILES string of the molecule is O=C1Nc2ccsc2C(=O)N2CC[C@@H]12. The van der Waals surface area contributed by atoms with Gasteiger partial charge in [0.15, 0.2) is 0 Å². The maximum atomic E-state index is 11.8. The van der Waals surface area contributed by atoms with E-state index < -0.39 is 0 Å². The molecule has 1 saturated heterocycles. The first kappa shape index (κ1) is 7.99. The topological polar surface area (TPSA) is 49.4 Å². The van der Waals surface area contributed by atoms with Crippen LogP contribution in [0.25, 0.3) is 0 Å². The molecule has 4 nitrogen and oxygen atoms in total. The summed E-state index contributed by atoms with van der Waals surface area (Å²) < 4.78 is 0. The van der Waals surface area contributed by atoms with Crippen LogP contribution >= 0.6 is 11.3 Å². The molecule has 0 aromatic carbocycles. The average molecular weight is 208 g/mol. The van der Waals surface area contributed by atoms with E-state index in [4.69, 9.17) is 0 Å². The van der Waals surface area contributed by atoms with Crippen LogP contribution in [0.2, 0.25) is 0 Å². The Morgan fingerprint density at radius 3 is 3.07 bits per heavy atom. The van der Waals surface area contributed by atoms with Crippen molar-refractivity contribution in [3.63, 3.8) is 0 Å². The summed E-state index contributed by atoms with van der Waals surface area (Å²) in [7, 11) is 0. The second kappa shape index (κ2) is 2.57. The van der Waals surface area contributed by atoms with Gasteiger partial charge in [-0.05, 0) is 17.9 Å². The Bertz CT molecular complexity index is 426. The number of fused-ring (bicyclic) bond motifs is 2. The molecule has 2 aliphatic heterocycles. The molecule has 2 amide bonds. The van der Waals surface area contributed by atoms with Crippen LogP contribution in [-0.2, 0) is 4.79 Å². The summed E-state index contributed by atoms with van der Waals surface area (Å²) in [5.74, 6) is -0.0636. The third kappa shape index (κ3) is 0.874. The van der Waals surface area contributed by atoms with Crippen molar-refractivity contribution in [3.05, 3.63) is 16.3 Å². The second-order valence-electron chi connectivity index (χ2n) is 3.46. The van der Waals surface area contributed by atoms with Gasteiger partial charge in [0, 0.05) is 6.54 Å². The summed E-state index contributed by atoms with van der Waals surface area (Å²) >= 11 is 1.38. The minimum absolute atomic E-state index is 0.00963. The maximum absolute atomic E-state index is 11.8. The number of hydrogen-bond acceptors (Lipinski definition) is 3. The molecule has 0 radical (unpaired) electrons. The predicted molar refractivity (Wildman–Crippen MR) is 52.4 cm³/mol. The van der Waals surface area contributed by atoms with Crippen LogP contribution in [0.4, 0.5) is 5.69 Å². The van der Waals surface area contributed by atoms with Crippen molar-refractivity contribution in [2.45, 2.75) is 12.5 Å². The summed E-state index contributed by atoms with van der Waals surface area (Å²) in [5, 5.41) is 4.60. The van der Waals surface area contributed by atoms with E-state index in [9.17, 15) is 9.59 Å². The molecule has 0 bridgehead atoms. The lowest BCUT2D eigenvalue weighted by Crippen LogP contribution is -2.55. The fraction of sp³-hybridized carbons (Fsp3) is 0.333. The zero-order valence-electron chi connectivity index (χ0n) is 7.32. The Kier molecular flexibility index (Phi) is 1.47. The van der Waals surface area contributed by atoms with E-state index >= 15 is 0 Å². The van der Waals surface area contributed by atoms with E-state index in [1.807, 2.05) is 5.38 Å². The first-order valence-electron chi connectivity index (χ1n) is 4.47. The molecular weight excluding hydrogens is 200 g/mol. The molecule has 72 valence electrons. The third-order valence-corrected chi connectivity index (χ3v) is 3.60. The first-order chi connectivity index (χ1) is 6.77. The fourth-order valence-electron chi connectivity index (χ4n) is 1.82. The molecule has 5 heteroatoms. The zero-order valence-corrected chi connectivity index (χ0v) is 8.13. The van der Waals surface area contributed by atoms with Crippen molar-refractivity contribution >= 4 is 28.8 Å². The van der Waals surface area contributed by atoms with Crippen molar-refractivity contribution in [2.75, 3.05) is 11.9 Å². The highest BCUT2D eigenvalue weighted by atomic mass is 32.1. The van der Waals surface area contributed by atoms with Gasteiger partial charge in [-0.25, -0.2) is 0 Å². The van der Waals surface area contributed by atoms with Crippen molar-refractivity contribution in [2.24, 2.45) is 0 Å². The van der Waals surface area contributed by atoms with E-state index in [1.54, 1.807) is 11.0 Å². The molecule has 0 saturated carbocycles. The van der Waals surface area contributed by atoms with E-state index in [0.717, 1.165) is 6.42 Å². The van der Waals surface area contributed by atoms with Crippen molar-refractivity contribution < 1.29 is 9.59 Å². The molecule has 3 heterocycles. The summed E-state index contributed by atoms with van der Waals surface area (Å²) in [4.78, 5) is 25.7. The molecule has 1 aromatic rings. The van der Waals surface area contributed by atoms with E-state index in [0.29, 0.717) is 17.1 Å². The average Bonchev–Trinajstić information content (AvgIpc) is 2.46. The van der Waals surface area contributed by atoms with Crippen molar-refractivity contribution in [3.8, 4) is 0 Å². The molecule has 1 aromatic heterocycles. The van der Waals surface area contributed by atoms with E-state index in [-0.39, 0.29) is 17.9 Å². The Balaban J connectivity index is 2.10. The molecule has 2 aliphatic rings. The van der Waals surface area contributed by atoms with Gasteiger partial charge in [-0.3, -0.25) is 9.59 Å². The Morgan fingerprint density at radius 1 is 1.50 bits per heavy atom. The standard InChI is InChI=1S/C9H8N2O2S/c12-8-6-1-3-11(6)9(13)7-5(10-8)2-4-14-7/h2,4,6H,1,3H2,(H,10,12)/t6-/m0/s1. The Hall–Kier alpha value is -1.36. The maximum Gasteiger partial charge on any atom is 0.266 e. The number of carbonyl (C=O) groups excluding carboxylic acids is 2. The minimum atomic E-state index is -0.234. The minimum Gasteiger partial charge on any atom is -0.326 e. The fourth-order valence-corrected chi connectivity index (χ4v) is 2.63. The molecule has 1 N–H and O–H groups in total. The van der Waals surface area contributed by atoms with Crippen LogP contribution in [-0.4, -0.2) is 29.3 Å². The number of hydrogen-bond donors (Lipinski definition) is 1. The third-order valence-electron chi connectivity index (χ3n) is 2.70. The lowest BCUT2D eigenvalue weighted by molar-refractivity contribution is -0.123. The summed E-state index contributed by atoms with van der Waals surface area (Å²) in [6.45, 7) is 0.703. The van der Waals surface area contributed by atoms with Gasteiger partial charge in [0.05, 0.1) is 5.69 Å². The van der Waals surface area contributed by atoms with Crippen LogP contribution in [0.15, 0.2) is 11.4 Å². The zero-order chi connectivity index (χ0) is 9.71. The number of thiophene rings is 1. The number of anilines is 1. The van der Waals surface area contributed by atoms with Gasteiger partial charge in [-0.2, -0.15) is 0 Å². The van der Waals surface area contributed by atoms with Crippen LogP contribution < -0.4 is 5.32 Å². The summed E-state index contributed by atoms with van der Waals surface area (Å²) in [5.41, 5.74) is 0.666. The second-order valence-corrected chi connectivity index (χ2v) is 4.37. The summed E-state index contributed by atoms with van der Waals surface area (Å²) in [6, 6.07) is 1.55. The lowest BCUT2D eigenvalue weighted by atomic mass is 10.0. The van der Waals surface area contributed by atoms with E-state index in [1.165, 1.54) is 11.3 Å². The molecule has 14 heavy (non-hydrogen) atoms. The van der Waals surface area contributed by atoms with Crippen LogP contribution in [0.5, 0.6) is 0 Å². The largest absolute Gasteiger partial charge is 0.326 e.